The predicted molar refractivity (Wildman–Crippen MR) is 73.4 cm³/mol. The lowest BCUT2D eigenvalue weighted by Crippen LogP contribution is -2.12. The molecule has 0 aliphatic carbocycles. The Morgan fingerprint density at radius 3 is 2.62 bits per heavy atom. The fraction of sp³-hybridized carbons (Fsp3) is 0.214. The highest BCUT2D eigenvalue weighted by atomic mass is 16.6. The van der Waals surface area contributed by atoms with E-state index in [0.717, 1.165) is 0 Å². The largest absolute Gasteiger partial charge is 0.495 e. The zero-order chi connectivity index (χ0) is 15.7. The van der Waals surface area contributed by atoms with Gasteiger partial charge in [0.2, 0.25) is 0 Å². The van der Waals surface area contributed by atoms with E-state index in [9.17, 15) is 4.79 Å². The Labute approximate surface area is 121 Å². The van der Waals surface area contributed by atoms with Crippen molar-refractivity contribution in [2.45, 2.75) is 0 Å². The lowest BCUT2D eigenvalue weighted by atomic mass is 10.2. The summed E-state index contributed by atoms with van der Waals surface area (Å²) in [6.07, 6.45) is 1.25. The predicted octanol–water partition coefficient (Wildman–Crippen LogP) is 1.59. The number of methoxy groups -OCH3 is 2. The fourth-order valence-electron chi connectivity index (χ4n) is 1.33. The monoisotopic (exact) mass is 287 g/mol. The van der Waals surface area contributed by atoms with E-state index in [0.29, 0.717) is 17.2 Å². The Hall–Kier alpha value is -3.19. The van der Waals surface area contributed by atoms with Gasteiger partial charge in [-0.25, -0.2) is 4.79 Å². The molecular weight excluding hydrogens is 274 g/mol. The number of benzene rings is 1. The number of anilines is 1. The first-order valence-electron chi connectivity index (χ1n) is 5.79. The van der Waals surface area contributed by atoms with Crippen LogP contribution in [0.4, 0.5) is 5.69 Å². The van der Waals surface area contributed by atoms with Crippen LogP contribution < -0.4 is 14.8 Å². The number of carbonyl (C=O) groups excluding carboxylic acids is 1. The zero-order valence-electron chi connectivity index (χ0n) is 11.5. The summed E-state index contributed by atoms with van der Waals surface area (Å²) < 4.78 is 14.8. The third kappa shape index (κ3) is 4.77. The van der Waals surface area contributed by atoms with Crippen molar-refractivity contribution in [3.63, 3.8) is 0 Å². The topological polar surface area (TPSA) is 104 Å². The van der Waals surface area contributed by atoms with Gasteiger partial charge >= 0.3 is 5.97 Å². The van der Waals surface area contributed by atoms with Gasteiger partial charge in [-0.3, -0.25) is 0 Å². The number of ether oxygens (including phenoxy) is 3. The number of nitrogens with zero attached hydrogens (tertiary/aromatic N) is 2. The molecule has 0 spiro atoms. The molecule has 0 heterocycles. The Bertz CT molecular complexity index is 610. The molecule has 1 aromatic carbocycles. The quantitative estimate of drug-likeness (QED) is 0.625. The van der Waals surface area contributed by atoms with Crippen LogP contribution in [0.3, 0.4) is 0 Å². The van der Waals surface area contributed by atoms with Crippen LogP contribution in [0.1, 0.15) is 0 Å². The van der Waals surface area contributed by atoms with Gasteiger partial charge in [-0.2, -0.15) is 10.5 Å². The molecule has 108 valence electrons. The van der Waals surface area contributed by atoms with E-state index in [1.165, 1.54) is 20.4 Å². The van der Waals surface area contributed by atoms with Crippen molar-refractivity contribution in [3.8, 4) is 23.6 Å². The summed E-state index contributed by atoms with van der Waals surface area (Å²) in [5.41, 5.74) is 0.404. The summed E-state index contributed by atoms with van der Waals surface area (Å²) in [6, 6.07) is 8.27. The number of esters is 1. The van der Waals surface area contributed by atoms with Crippen LogP contribution in [0.2, 0.25) is 0 Å². The first-order valence-corrected chi connectivity index (χ1v) is 5.79. The average molecular weight is 287 g/mol. The van der Waals surface area contributed by atoms with E-state index in [-0.39, 0.29) is 12.2 Å². The number of carbonyl (C=O) groups is 1. The molecule has 1 N–H and O–H groups in total. The van der Waals surface area contributed by atoms with E-state index < -0.39 is 5.97 Å². The van der Waals surface area contributed by atoms with Gasteiger partial charge < -0.3 is 19.5 Å². The molecule has 0 aliphatic heterocycles. The van der Waals surface area contributed by atoms with Gasteiger partial charge in [0.25, 0.3) is 0 Å². The van der Waals surface area contributed by atoms with E-state index >= 15 is 0 Å². The van der Waals surface area contributed by atoms with Gasteiger partial charge in [0, 0.05) is 12.3 Å². The molecule has 0 aliphatic rings. The lowest BCUT2D eigenvalue weighted by Gasteiger charge is -2.11. The molecule has 7 nitrogen and oxygen atoms in total. The maximum Gasteiger partial charge on any atom is 0.343 e. The Balaban J connectivity index is 2.91. The lowest BCUT2D eigenvalue weighted by molar-refractivity contribution is -0.142. The Morgan fingerprint density at radius 2 is 2.05 bits per heavy atom. The number of nitriles is 2. The van der Waals surface area contributed by atoms with E-state index in [1.807, 2.05) is 0 Å². The molecule has 0 unspecified atom stereocenters. The van der Waals surface area contributed by atoms with Crippen LogP contribution in [0.25, 0.3) is 0 Å². The van der Waals surface area contributed by atoms with Crippen molar-refractivity contribution < 1.29 is 19.0 Å². The second-order valence-electron chi connectivity index (χ2n) is 3.65. The highest BCUT2D eigenvalue weighted by Crippen LogP contribution is 2.29. The first-order chi connectivity index (χ1) is 10.1. The minimum absolute atomic E-state index is 0.0852. The van der Waals surface area contributed by atoms with E-state index in [4.69, 9.17) is 20.0 Å². The van der Waals surface area contributed by atoms with Gasteiger partial charge in [0.05, 0.1) is 19.9 Å². The van der Waals surface area contributed by atoms with Crippen LogP contribution in [0.15, 0.2) is 30.0 Å². The fourth-order valence-corrected chi connectivity index (χ4v) is 1.33. The molecule has 0 bridgehead atoms. The number of nitrogens with one attached hydrogen (secondary N) is 1. The summed E-state index contributed by atoms with van der Waals surface area (Å²) in [7, 11) is 2.75. The summed E-state index contributed by atoms with van der Waals surface area (Å²) in [5.74, 6) is 0.399. The third-order valence-electron chi connectivity index (χ3n) is 2.37. The van der Waals surface area contributed by atoms with Crippen LogP contribution in [-0.2, 0) is 9.53 Å². The van der Waals surface area contributed by atoms with Crippen molar-refractivity contribution in [2.24, 2.45) is 0 Å². The van der Waals surface area contributed by atoms with Crippen molar-refractivity contribution in [3.05, 3.63) is 30.0 Å². The summed E-state index contributed by atoms with van der Waals surface area (Å²) in [4.78, 5) is 11.0. The van der Waals surface area contributed by atoms with Crippen LogP contribution >= 0.6 is 0 Å². The first kappa shape index (κ1) is 15.9. The summed E-state index contributed by atoms with van der Waals surface area (Å²) >= 11 is 0. The molecule has 0 saturated heterocycles. The standard InChI is InChI=1S/C14H13N3O4/c1-19-13-4-3-11(21-9-14(18)20-2)5-12(13)17-8-10(6-15)7-16/h3-5,8,17H,9H2,1-2H3. The van der Waals surface area contributed by atoms with E-state index in [1.54, 1.807) is 30.3 Å². The molecule has 21 heavy (non-hydrogen) atoms. The van der Waals surface area contributed by atoms with Crippen molar-refractivity contribution in [1.82, 2.24) is 0 Å². The van der Waals surface area contributed by atoms with Crippen LogP contribution in [0, 0.1) is 22.7 Å². The second kappa shape index (κ2) is 8.08. The molecular formula is C14H13N3O4. The highest BCUT2D eigenvalue weighted by molar-refractivity contribution is 5.71. The second-order valence-corrected chi connectivity index (χ2v) is 3.65. The third-order valence-corrected chi connectivity index (χ3v) is 2.37. The number of rotatable bonds is 6. The highest BCUT2D eigenvalue weighted by Gasteiger charge is 2.07. The van der Waals surface area contributed by atoms with Crippen LogP contribution in [0.5, 0.6) is 11.5 Å². The number of allylic oxidation sites excluding steroid dienone is 1. The average Bonchev–Trinajstić information content (AvgIpc) is 2.53. The van der Waals surface area contributed by atoms with Gasteiger partial charge in [-0.05, 0) is 12.1 Å². The SMILES string of the molecule is COC(=O)COc1ccc(OC)c(NC=C(C#N)C#N)c1. The normalized spacial score (nSPS) is 8.76. The molecule has 0 fully saturated rings. The Morgan fingerprint density at radius 1 is 1.33 bits per heavy atom. The molecule has 1 aromatic rings. The molecule has 1 rings (SSSR count). The maximum absolute atomic E-state index is 11.0. The molecule has 0 radical (unpaired) electrons. The van der Waals surface area contributed by atoms with Crippen molar-refractivity contribution >= 4 is 11.7 Å². The van der Waals surface area contributed by atoms with Gasteiger partial charge in [0.1, 0.15) is 29.2 Å². The number of hydrogen-bond acceptors (Lipinski definition) is 7. The summed E-state index contributed by atoms with van der Waals surface area (Å²) in [5, 5.41) is 20.1. The van der Waals surface area contributed by atoms with Gasteiger partial charge in [-0.1, -0.05) is 0 Å². The van der Waals surface area contributed by atoms with E-state index in [2.05, 4.69) is 10.1 Å². The maximum atomic E-state index is 11.0. The Kier molecular flexibility index (Phi) is 6.10. The zero-order valence-corrected chi connectivity index (χ0v) is 11.5. The molecule has 7 heteroatoms. The van der Waals surface area contributed by atoms with Crippen molar-refractivity contribution in [1.29, 1.82) is 10.5 Å². The summed E-state index contributed by atoms with van der Waals surface area (Å²) in [6.45, 7) is -0.222. The van der Waals surface area contributed by atoms with Gasteiger partial charge in [0.15, 0.2) is 6.61 Å². The number of hydrogen-bond donors (Lipinski definition) is 1. The molecule has 0 saturated carbocycles. The molecule has 0 aromatic heterocycles. The smallest absolute Gasteiger partial charge is 0.343 e. The van der Waals surface area contributed by atoms with Crippen molar-refractivity contribution in [2.75, 3.05) is 26.1 Å². The molecule has 0 atom stereocenters. The van der Waals surface area contributed by atoms with Crippen LogP contribution in [-0.4, -0.2) is 26.8 Å². The minimum Gasteiger partial charge on any atom is -0.495 e. The minimum atomic E-state index is -0.503. The van der Waals surface area contributed by atoms with Gasteiger partial charge in [-0.15, -0.1) is 0 Å². The molecule has 0 amide bonds.